The minimum Gasteiger partial charge on any atom is -0.411 e. The summed E-state index contributed by atoms with van der Waals surface area (Å²) >= 11 is 0. The molecule has 3 atom stereocenters. The van der Waals surface area contributed by atoms with Crippen LogP contribution in [0.3, 0.4) is 0 Å². The van der Waals surface area contributed by atoms with Crippen LogP contribution in [0, 0.1) is 17.8 Å². The second-order valence-corrected chi connectivity index (χ2v) is 3.17. The van der Waals surface area contributed by atoms with Gasteiger partial charge in [0.15, 0.2) is 0 Å². The lowest BCUT2D eigenvalue weighted by Crippen LogP contribution is -2.44. The second-order valence-electron chi connectivity index (χ2n) is 3.17. The third-order valence-electron chi connectivity index (χ3n) is 2.86. The van der Waals surface area contributed by atoms with Crippen molar-refractivity contribution < 1.29 is 5.21 Å². The Kier molecular flexibility index (Phi) is 1.01. The summed E-state index contributed by atoms with van der Waals surface area (Å²) < 4.78 is 0. The van der Waals surface area contributed by atoms with Crippen LogP contribution in [-0.2, 0) is 0 Å². The van der Waals surface area contributed by atoms with Gasteiger partial charge in [-0.1, -0.05) is 0 Å². The highest BCUT2D eigenvalue weighted by atomic mass is 16.4. The molecule has 9 heavy (non-hydrogen) atoms. The quantitative estimate of drug-likeness (QED) is 0.321. The zero-order chi connectivity index (χ0) is 6.27. The van der Waals surface area contributed by atoms with Gasteiger partial charge in [0.25, 0.3) is 0 Å². The standard InChI is InChI=1S/C7H11NO/c9-8-4-6-3-5-1-2-7(5)6/h4-7,9H,1-3H2. The first-order valence-corrected chi connectivity index (χ1v) is 3.59. The van der Waals surface area contributed by atoms with Crippen LogP contribution in [-0.4, -0.2) is 11.4 Å². The molecule has 1 N–H and O–H groups in total. The second kappa shape index (κ2) is 1.72. The normalized spacial score (nSPS) is 47.8. The first kappa shape index (κ1) is 5.27. The summed E-state index contributed by atoms with van der Waals surface area (Å²) in [4.78, 5) is 0. The summed E-state index contributed by atoms with van der Waals surface area (Å²) in [6.45, 7) is 0. The number of nitrogens with zero attached hydrogens (tertiary/aromatic N) is 1. The van der Waals surface area contributed by atoms with Gasteiger partial charge in [-0.3, -0.25) is 0 Å². The zero-order valence-electron chi connectivity index (χ0n) is 5.33. The molecular formula is C7H11NO. The van der Waals surface area contributed by atoms with Crippen LogP contribution in [0.15, 0.2) is 5.16 Å². The Bertz CT molecular complexity index is 144. The van der Waals surface area contributed by atoms with Gasteiger partial charge in [-0.25, -0.2) is 0 Å². The SMILES string of the molecule is ON=CC1CC2CCC12. The number of rotatable bonds is 1. The molecule has 0 aromatic heterocycles. The molecule has 2 rings (SSSR count). The fourth-order valence-corrected chi connectivity index (χ4v) is 2.04. The molecular weight excluding hydrogens is 114 g/mol. The molecule has 2 fully saturated rings. The highest BCUT2D eigenvalue weighted by molar-refractivity contribution is 5.62. The molecule has 2 nitrogen and oxygen atoms in total. The Morgan fingerprint density at radius 2 is 2.33 bits per heavy atom. The number of hydrogen-bond donors (Lipinski definition) is 1. The maximum atomic E-state index is 8.20. The molecule has 0 amide bonds. The molecule has 2 aliphatic rings. The number of hydrogen-bond acceptors (Lipinski definition) is 2. The summed E-state index contributed by atoms with van der Waals surface area (Å²) in [6.07, 6.45) is 5.75. The van der Waals surface area contributed by atoms with Crippen molar-refractivity contribution in [2.45, 2.75) is 19.3 Å². The predicted octanol–water partition coefficient (Wildman–Crippen LogP) is 1.49. The van der Waals surface area contributed by atoms with E-state index in [9.17, 15) is 0 Å². The van der Waals surface area contributed by atoms with Gasteiger partial charge in [0.1, 0.15) is 0 Å². The molecule has 2 aliphatic carbocycles. The van der Waals surface area contributed by atoms with Gasteiger partial charge in [0.05, 0.1) is 0 Å². The van der Waals surface area contributed by atoms with Gasteiger partial charge in [0.2, 0.25) is 0 Å². The van der Waals surface area contributed by atoms with Crippen molar-refractivity contribution in [3.05, 3.63) is 0 Å². The Balaban J connectivity index is 1.90. The Hall–Kier alpha value is -0.530. The van der Waals surface area contributed by atoms with E-state index in [2.05, 4.69) is 5.16 Å². The van der Waals surface area contributed by atoms with E-state index in [0.717, 1.165) is 11.8 Å². The van der Waals surface area contributed by atoms with Crippen molar-refractivity contribution in [1.82, 2.24) is 0 Å². The van der Waals surface area contributed by atoms with Gasteiger partial charge in [0, 0.05) is 12.1 Å². The Morgan fingerprint density at radius 1 is 1.44 bits per heavy atom. The fourth-order valence-electron chi connectivity index (χ4n) is 2.04. The molecule has 0 spiro atoms. The minimum atomic E-state index is 0.619. The topological polar surface area (TPSA) is 32.6 Å². The van der Waals surface area contributed by atoms with Crippen LogP contribution in [0.1, 0.15) is 19.3 Å². The molecule has 0 aromatic rings. The third kappa shape index (κ3) is 0.590. The summed E-state index contributed by atoms with van der Waals surface area (Å²) in [6, 6.07) is 0. The van der Waals surface area contributed by atoms with E-state index in [1.54, 1.807) is 6.21 Å². The molecule has 0 bridgehead atoms. The molecule has 0 saturated heterocycles. The lowest BCUT2D eigenvalue weighted by Gasteiger charge is -2.51. The van der Waals surface area contributed by atoms with Crippen LogP contribution < -0.4 is 0 Å². The highest BCUT2D eigenvalue weighted by Gasteiger charge is 2.45. The first-order valence-electron chi connectivity index (χ1n) is 3.59. The molecule has 2 saturated carbocycles. The van der Waals surface area contributed by atoms with Crippen LogP contribution in [0.5, 0.6) is 0 Å². The van der Waals surface area contributed by atoms with Gasteiger partial charge < -0.3 is 5.21 Å². The van der Waals surface area contributed by atoms with Gasteiger partial charge in [-0.15, -0.1) is 5.16 Å². The molecule has 0 aliphatic heterocycles. The van der Waals surface area contributed by atoms with Gasteiger partial charge in [-0.05, 0) is 31.1 Å². The van der Waals surface area contributed by atoms with E-state index in [4.69, 9.17) is 5.21 Å². The lowest BCUT2D eigenvalue weighted by molar-refractivity contribution is 0.0154. The molecule has 0 heterocycles. The van der Waals surface area contributed by atoms with Crippen molar-refractivity contribution in [3.8, 4) is 0 Å². The highest BCUT2D eigenvalue weighted by Crippen LogP contribution is 2.53. The Labute approximate surface area is 54.6 Å². The summed E-state index contributed by atoms with van der Waals surface area (Å²) in [5.41, 5.74) is 0. The summed E-state index contributed by atoms with van der Waals surface area (Å²) in [5.74, 6) is 2.50. The molecule has 0 aromatic carbocycles. The lowest BCUT2D eigenvalue weighted by atomic mass is 9.54. The Morgan fingerprint density at radius 3 is 2.67 bits per heavy atom. The minimum absolute atomic E-state index is 0.619. The van der Waals surface area contributed by atoms with E-state index >= 15 is 0 Å². The van der Waals surface area contributed by atoms with Crippen molar-refractivity contribution >= 4 is 6.21 Å². The van der Waals surface area contributed by atoms with Crippen LogP contribution in [0.25, 0.3) is 0 Å². The average molecular weight is 125 g/mol. The molecule has 50 valence electrons. The van der Waals surface area contributed by atoms with E-state index in [-0.39, 0.29) is 0 Å². The zero-order valence-corrected chi connectivity index (χ0v) is 5.33. The molecule has 2 heteroatoms. The molecule has 0 radical (unpaired) electrons. The van der Waals surface area contributed by atoms with Crippen molar-refractivity contribution in [2.75, 3.05) is 0 Å². The fraction of sp³-hybridized carbons (Fsp3) is 0.857. The third-order valence-corrected chi connectivity index (χ3v) is 2.86. The van der Waals surface area contributed by atoms with Crippen molar-refractivity contribution in [3.63, 3.8) is 0 Å². The molecule has 3 unspecified atom stereocenters. The summed E-state index contributed by atoms with van der Waals surface area (Å²) in [7, 11) is 0. The predicted molar refractivity (Wildman–Crippen MR) is 34.6 cm³/mol. The number of fused-ring (bicyclic) bond motifs is 1. The maximum Gasteiger partial charge on any atom is 0.0469 e. The van der Waals surface area contributed by atoms with Crippen LogP contribution >= 0.6 is 0 Å². The van der Waals surface area contributed by atoms with E-state index in [1.807, 2.05) is 0 Å². The van der Waals surface area contributed by atoms with Crippen molar-refractivity contribution in [2.24, 2.45) is 22.9 Å². The van der Waals surface area contributed by atoms with Crippen molar-refractivity contribution in [1.29, 1.82) is 0 Å². The average Bonchev–Trinajstić information content (AvgIpc) is 1.82. The van der Waals surface area contributed by atoms with E-state index < -0.39 is 0 Å². The smallest absolute Gasteiger partial charge is 0.0469 e. The maximum absolute atomic E-state index is 8.20. The van der Waals surface area contributed by atoms with Gasteiger partial charge in [-0.2, -0.15) is 0 Å². The van der Waals surface area contributed by atoms with Gasteiger partial charge >= 0.3 is 0 Å². The summed E-state index contributed by atoms with van der Waals surface area (Å²) in [5, 5.41) is 11.3. The largest absolute Gasteiger partial charge is 0.411 e. The first-order chi connectivity index (χ1) is 4.42. The van der Waals surface area contributed by atoms with Crippen LogP contribution in [0.4, 0.5) is 0 Å². The number of oxime groups is 1. The van der Waals surface area contributed by atoms with E-state index in [1.165, 1.54) is 19.3 Å². The van der Waals surface area contributed by atoms with E-state index in [0.29, 0.717) is 5.92 Å². The van der Waals surface area contributed by atoms with Crippen LogP contribution in [0.2, 0.25) is 0 Å². The monoisotopic (exact) mass is 125 g/mol.